The van der Waals surface area contributed by atoms with Gasteiger partial charge in [0.15, 0.2) is 5.69 Å². The maximum atomic E-state index is 11.6. The molecule has 3 N–H and O–H groups in total. The Hall–Kier alpha value is -1.96. The Morgan fingerprint density at radius 1 is 1.47 bits per heavy atom. The molecular formula is C11H19N5O3. The molecule has 0 radical (unpaired) electrons. The number of hydrogen-bond donors (Lipinski definition) is 2. The van der Waals surface area contributed by atoms with Gasteiger partial charge in [0, 0.05) is 12.6 Å². The topological polar surface area (TPSA) is 112 Å². The number of nitrogens with one attached hydrogen (secondary N) is 1. The van der Waals surface area contributed by atoms with E-state index in [1.54, 1.807) is 6.92 Å². The maximum Gasteiger partial charge on any atom is 0.360 e. The first-order valence-corrected chi connectivity index (χ1v) is 6.08. The van der Waals surface area contributed by atoms with E-state index in [0.717, 1.165) is 0 Å². The summed E-state index contributed by atoms with van der Waals surface area (Å²) in [4.78, 5) is 23.2. The summed E-state index contributed by atoms with van der Waals surface area (Å²) in [5.41, 5.74) is 6.01. The molecule has 0 aromatic carbocycles. The van der Waals surface area contributed by atoms with E-state index >= 15 is 0 Å². The van der Waals surface area contributed by atoms with Crippen LogP contribution in [-0.4, -0.2) is 39.5 Å². The highest BCUT2D eigenvalue weighted by molar-refractivity contribution is 5.88. The third-order valence-electron chi connectivity index (χ3n) is 2.24. The summed E-state index contributed by atoms with van der Waals surface area (Å²) >= 11 is 0. The Morgan fingerprint density at radius 3 is 2.68 bits per heavy atom. The van der Waals surface area contributed by atoms with E-state index in [2.05, 4.69) is 15.6 Å². The van der Waals surface area contributed by atoms with Crippen molar-refractivity contribution in [1.82, 2.24) is 20.3 Å². The predicted molar refractivity (Wildman–Crippen MR) is 67.1 cm³/mol. The van der Waals surface area contributed by atoms with Crippen molar-refractivity contribution >= 4 is 11.9 Å². The minimum absolute atomic E-state index is 0.0295. The molecule has 0 fully saturated rings. The van der Waals surface area contributed by atoms with Gasteiger partial charge in [-0.15, -0.1) is 5.10 Å². The van der Waals surface area contributed by atoms with Crippen molar-refractivity contribution in [2.24, 2.45) is 5.73 Å². The summed E-state index contributed by atoms with van der Waals surface area (Å²) in [6.45, 7) is 5.66. The fourth-order valence-electron chi connectivity index (χ4n) is 1.52. The number of esters is 1. The van der Waals surface area contributed by atoms with Crippen molar-refractivity contribution in [2.75, 3.05) is 6.61 Å². The monoisotopic (exact) mass is 269 g/mol. The molecule has 106 valence electrons. The number of nitrogens with zero attached hydrogens (tertiary/aromatic N) is 3. The van der Waals surface area contributed by atoms with Crippen molar-refractivity contribution in [1.29, 1.82) is 0 Å². The van der Waals surface area contributed by atoms with E-state index in [1.165, 1.54) is 4.68 Å². The molecule has 0 atom stereocenters. The summed E-state index contributed by atoms with van der Waals surface area (Å²) in [5, 5.41) is 10.2. The van der Waals surface area contributed by atoms with Crippen LogP contribution in [0.5, 0.6) is 0 Å². The lowest BCUT2D eigenvalue weighted by atomic mass is 10.3. The largest absolute Gasteiger partial charge is 0.461 e. The van der Waals surface area contributed by atoms with Gasteiger partial charge in [-0.2, -0.15) is 0 Å². The Kier molecular flexibility index (Phi) is 5.43. The third kappa shape index (κ3) is 4.02. The van der Waals surface area contributed by atoms with Gasteiger partial charge < -0.3 is 15.8 Å². The molecule has 8 nitrogen and oxygen atoms in total. The molecule has 0 aliphatic heterocycles. The molecule has 0 aliphatic carbocycles. The highest BCUT2D eigenvalue weighted by atomic mass is 16.5. The normalized spacial score (nSPS) is 10.6. The zero-order chi connectivity index (χ0) is 14.4. The van der Waals surface area contributed by atoms with Gasteiger partial charge in [-0.25, -0.2) is 9.48 Å². The lowest BCUT2D eigenvalue weighted by Gasteiger charge is -2.09. The second-order valence-electron chi connectivity index (χ2n) is 4.19. The first-order valence-electron chi connectivity index (χ1n) is 6.08. The second kappa shape index (κ2) is 6.83. The van der Waals surface area contributed by atoms with Gasteiger partial charge in [-0.05, 0) is 20.8 Å². The van der Waals surface area contributed by atoms with Crippen LogP contribution in [0.1, 0.15) is 37.0 Å². The standard InChI is InChI=1S/C11H19N5O3/c1-4-19-11(18)10-8(5-12)16(15-14-10)6-9(17)13-7(2)3/h7H,4-6,12H2,1-3H3,(H,13,17). The number of carbonyl (C=O) groups excluding carboxylic acids is 2. The van der Waals surface area contributed by atoms with Gasteiger partial charge in [0.05, 0.1) is 12.3 Å². The van der Waals surface area contributed by atoms with Gasteiger partial charge in [0.1, 0.15) is 6.54 Å². The van der Waals surface area contributed by atoms with Crippen LogP contribution in [0.4, 0.5) is 0 Å². The molecule has 1 aromatic heterocycles. The van der Waals surface area contributed by atoms with E-state index in [9.17, 15) is 9.59 Å². The molecule has 8 heteroatoms. The van der Waals surface area contributed by atoms with Gasteiger partial charge in [-0.1, -0.05) is 5.21 Å². The first kappa shape index (κ1) is 15.1. The summed E-state index contributed by atoms with van der Waals surface area (Å²) in [6, 6.07) is 0.0295. The fourth-order valence-corrected chi connectivity index (χ4v) is 1.52. The quantitative estimate of drug-likeness (QED) is 0.669. The minimum atomic E-state index is -0.585. The van der Waals surface area contributed by atoms with Crippen molar-refractivity contribution in [2.45, 2.75) is 39.9 Å². The summed E-state index contributed by atoms with van der Waals surface area (Å²) in [6.07, 6.45) is 0. The van der Waals surface area contributed by atoms with Crippen molar-refractivity contribution in [3.8, 4) is 0 Å². The highest BCUT2D eigenvalue weighted by Crippen LogP contribution is 2.06. The molecular weight excluding hydrogens is 250 g/mol. The number of aromatic nitrogens is 3. The summed E-state index contributed by atoms with van der Waals surface area (Å²) < 4.78 is 6.15. The first-order chi connectivity index (χ1) is 8.99. The van der Waals surface area contributed by atoms with Crippen LogP contribution in [-0.2, 0) is 22.6 Å². The average Bonchev–Trinajstić information content (AvgIpc) is 2.70. The minimum Gasteiger partial charge on any atom is -0.461 e. The average molecular weight is 269 g/mol. The molecule has 19 heavy (non-hydrogen) atoms. The Labute approximate surface area is 111 Å². The molecule has 0 saturated carbocycles. The molecule has 0 saturated heterocycles. The smallest absolute Gasteiger partial charge is 0.360 e. The van der Waals surface area contributed by atoms with Crippen LogP contribution in [0, 0.1) is 0 Å². The number of hydrogen-bond acceptors (Lipinski definition) is 6. The van der Waals surface area contributed by atoms with Crippen LogP contribution < -0.4 is 11.1 Å². The molecule has 0 unspecified atom stereocenters. The van der Waals surface area contributed by atoms with Crippen LogP contribution >= 0.6 is 0 Å². The Morgan fingerprint density at radius 2 is 2.16 bits per heavy atom. The molecule has 1 aromatic rings. The van der Waals surface area contributed by atoms with Crippen LogP contribution in [0.25, 0.3) is 0 Å². The van der Waals surface area contributed by atoms with E-state index in [0.29, 0.717) is 5.69 Å². The molecule has 1 amide bonds. The molecule has 0 spiro atoms. The van der Waals surface area contributed by atoms with E-state index in [-0.39, 0.29) is 37.3 Å². The van der Waals surface area contributed by atoms with Crippen LogP contribution in [0.15, 0.2) is 0 Å². The Bertz CT molecular complexity index is 455. The van der Waals surface area contributed by atoms with E-state index in [4.69, 9.17) is 10.5 Å². The van der Waals surface area contributed by atoms with Crippen molar-refractivity contribution in [3.05, 3.63) is 11.4 Å². The number of amides is 1. The van der Waals surface area contributed by atoms with Gasteiger partial charge in [0.25, 0.3) is 0 Å². The molecule has 1 rings (SSSR count). The second-order valence-corrected chi connectivity index (χ2v) is 4.19. The summed E-state index contributed by atoms with van der Waals surface area (Å²) in [5.74, 6) is -0.802. The lowest BCUT2D eigenvalue weighted by Crippen LogP contribution is -2.34. The number of carbonyl (C=O) groups is 2. The van der Waals surface area contributed by atoms with Gasteiger partial charge in [-0.3, -0.25) is 4.79 Å². The highest BCUT2D eigenvalue weighted by Gasteiger charge is 2.20. The zero-order valence-electron chi connectivity index (χ0n) is 11.3. The molecule has 0 aliphatic rings. The van der Waals surface area contributed by atoms with E-state index < -0.39 is 5.97 Å². The lowest BCUT2D eigenvalue weighted by molar-refractivity contribution is -0.122. The SMILES string of the molecule is CCOC(=O)c1nnn(CC(=O)NC(C)C)c1CN. The summed E-state index contributed by atoms with van der Waals surface area (Å²) in [7, 11) is 0. The van der Waals surface area contributed by atoms with Gasteiger partial charge >= 0.3 is 5.97 Å². The van der Waals surface area contributed by atoms with Crippen LogP contribution in [0.2, 0.25) is 0 Å². The predicted octanol–water partition coefficient (Wildman–Crippen LogP) is -0.562. The van der Waals surface area contributed by atoms with Crippen molar-refractivity contribution < 1.29 is 14.3 Å². The Balaban J connectivity index is 2.85. The fraction of sp³-hybridized carbons (Fsp3) is 0.636. The van der Waals surface area contributed by atoms with E-state index in [1.807, 2.05) is 13.8 Å². The van der Waals surface area contributed by atoms with Crippen LogP contribution in [0.3, 0.4) is 0 Å². The molecule has 1 heterocycles. The zero-order valence-corrected chi connectivity index (χ0v) is 11.3. The molecule has 0 bridgehead atoms. The number of ether oxygens (including phenoxy) is 1. The number of rotatable bonds is 6. The maximum absolute atomic E-state index is 11.6. The third-order valence-corrected chi connectivity index (χ3v) is 2.24. The number of nitrogens with two attached hydrogens (primary N) is 1. The van der Waals surface area contributed by atoms with Crippen molar-refractivity contribution in [3.63, 3.8) is 0 Å². The van der Waals surface area contributed by atoms with Gasteiger partial charge in [0.2, 0.25) is 5.91 Å².